The molecule has 0 radical (unpaired) electrons. The molecule has 154 valence electrons. The van der Waals surface area contributed by atoms with Gasteiger partial charge in [0.25, 0.3) is 0 Å². The number of nitrogens with one attached hydrogen (secondary N) is 1. The van der Waals surface area contributed by atoms with Crippen LogP contribution in [-0.2, 0) is 23.2 Å². The average molecular weight is 442 g/mol. The van der Waals surface area contributed by atoms with Gasteiger partial charge in [0, 0.05) is 23.3 Å². The van der Waals surface area contributed by atoms with Gasteiger partial charge in [0.2, 0.25) is 0 Å². The Morgan fingerprint density at radius 2 is 2.10 bits per heavy atom. The van der Waals surface area contributed by atoms with Crippen LogP contribution in [0.25, 0.3) is 10.6 Å². The molecule has 1 N–H and O–H groups in total. The number of thioether (sulfide) groups is 1. The number of aromatic amines is 1. The summed E-state index contributed by atoms with van der Waals surface area (Å²) in [6, 6.07) is 4.95. The molecule has 29 heavy (non-hydrogen) atoms. The van der Waals surface area contributed by atoms with Gasteiger partial charge in [0.05, 0.1) is 23.9 Å². The van der Waals surface area contributed by atoms with Crippen LogP contribution in [0.5, 0.6) is 0 Å². The highest BCUT2D eigenvalue weighted by Gasteiger charge is 2.30. The van der Waals surface area contributed by atoms with Crippen molar-refractivity contribution in [2.45, 2.75) is 42.6 Å². The molecule has 1 aliphatic heterocycles. The minimum absolute atomic E-state index is 0.0233. The van der Waals surface area contributed by atoms with Crippen LogP contribution < -0.4 is 5.69 Å². The van der Waals surface area contributed by atoms with E-state index >= 15 is 0 Å². The lowest BCUT2D eigenvalue weighted by Gasteiger charge is -2.10. The molecule has 11 heteroatoms. The summed E-state index contributed by atoms with van der Waals surface area (Å²) in [5.41, 5.74) is 0.450. The molecule has 1 atom stereocenters. The van der Waals surface area contributed by atoms with Gasteiger partial charge in [-0.05, 0) is 25.0 Å². The number of hydrogen-bond acceptors (Lipinski definition) is 6. The molecule has 2 aromatic heterocycles. The van der Waals surface area contributed by atoms with E-state index in [0.29, 0.717) is 34.6 Å². The van der Waals surface area contributed by atoms with Crippen molar-refractivity contribution in [3.8, 4) is 10.6 Å². The molecule has 0 bridgehead atoms. The number of alkyl halides is 3. The van der Waals surface area contributed by atoms with Crippen molar-refractivity contribution in [2.75, 3.05) is 6.61 Å². The van der Waals surface area contributed by atoms with E-state index < -0.39 is 11.7 Å². The summed E-state index contributed by atoms with van der Waals surface area (Å²) >= 11 is 2.74. The van der Waals surface area contributed by atoms with E-state index in [1.807, 2.05) is 5.38 Å². The third kappa shape index (κ3) is 4.73. The number of halogens is 3. The van der Waals surface area contributed by atoms with E-state index in [0.717, 1.165) is 30.7 Å². The third-order valence-corrected chi connectivity index (χ3v) is 6.44. The van der Waals surface area contributed by atoms with Crippen LogP contribution in [0.3, 0.4) is 0 Å². The average Bonchev–Trinajstić information content (AvgIpc) is 3.43. The first-order chi connectivity index (χ1) is 13.9. The van der Waals surface area contributed by atoms with Crippen LogP contribution in [0.15, 0.2) is 39.6 Å². The highest BCUT2D eigenvalue weighted by molar-refractivity contribution is 7.98. The standard InChI is InChI=1S/C18H17F3N4O2S2/c19-18(20,21)12-5-3-11(4-6-12)15-22-13(9-28-15)10-29-17-24-23-16(26)25(17)8-14-2-1-7-27-14/h3-6,9,14H,1-2,7-8,10H2,(H,23,26). The second-order valence-electron chi connectivity index (χ2n) is 6.56. The number of rotatable bonds is 6. The van der Waals surface area contributed by atoms with Gasteiger partial charge in [-0.1, -0.05) is 23.9 Å². The lowest BCUT2D eigenvalue weighted by atomic mass is 10.1. The monoisotopic (exact) mass is 442 g/mol. The Hall–Kier alpha value is -2.11. The van der Waals surface area contributed by atoms with E-state index in [2.05, 4.69) is 15.2 Å². The van der Waals surface area contributed by atoms with Gasteiger partial charge in [-0.15, -0.1) is 16.4 Å². The number of hydrogen-bond donors (Lipinski definition) is 1. The van der Waals surface area contributed by atoms with Crippen molar-refractivity contribution >= 4 is 23.1 Å². The van der Waals surface area contributed by atoms with Gasteiger partial charge in [0.15, 0.2) is 5.16 Å². The summed E-state index contributed by atoms with van der Waals surface area (Å²) in [6.45, 7) is 1.18. The number of nitrogens with zero attached hydrogens (tertiary/aromatic N) is 3. The lowest BCUT2D eigenvalue weighted by Crippen LogP contribution is -2.24. The Balaban J connectivity index is 1.42. The van der Waals surface area contributed by atoms with Gasteiger partial charge < -0.3 is 4.74 Å². The predicted molar refractivity (Wildman–Crippen MR) is 104 cm³/mol. The quantitative estimate of drug-likeness (QED) is 0.580. The Bertz CT molecular complexity index is 1020. The predicted octanol–water partition coefficient (Wildman–Crippen LogP) is 4.19. The van der Waals surface area contributed by atoms with Crippen LogP contribution in [0.1, 0.15) is 24.1 Å². The number of thiazole rings is 1. The van der Waals surface area contributed by atoms with Gasteiger partial charge in [-0.25, -0.2) is 14.9 Å². The minimum atomic E-state index is -4.36. The number of H-pyrrole nitrogens is 1. The van der Waals surface area contributed by atoms with Crippen molar-refractivity contribution in [1.82, 2.24) is 19.7 Å². The fourth-order valence-electron chi connectivity index (χ4n) is 3.01. The van der Waals surface area contributed by atoms with Crippen LogP contribution >= 0.6 is 23.1 Å². The molecular weight excluding hydrogens is 425 g/mol. The Labute approximate surface area is 172 Å². The second kappa shape index (κ2) is 8.33. The van der Waals surface area contributed by atoms with Gasteiger partial charge in [0.1, 0.15) is 5.01 Å². The minimum Gasteiger partial charge on any atom is -0.376 e. The molecule has 0 saturated carbocycles. The zero-order valence-electron chi connectivity index (χ0n) is 15.1. The Morgan fingerprint density at radius 3 is 2.79 bits per heavy atom. The Morgan fingerprint density at radius 1 is 1.31 bits per heavy atom. The largest absolute Gasteiger partial charge is 0.416 e. The molecule has 4 rings (SSSR count). The van der Waals surface area contributed by atoms with E-state index in [9.17, 15) is 18.0 Å². The summed E-state index contributed by atoms with van der Waals surface area (Å²) in [7, 11) is 0. The van der Waals surface area contributed by atoms with Crippen LogP contribution in [0, 0.1) is 0 Å². The van der Waals surface area contributed by atoms with Crippen LogP contribution in [-0.4, -0.2) is 32.5 Å². The molecular formula is C18H17F3N4O2S2. The van der Waals surface area contributed by atoms with Crippen molar-refractivity contribution in [3.63, 3.8) is 0 Å². The molecule has 0 spiro atoms. The SMILES string of the molecule is O=c1[nH]nc(SCc2csc(-c3ccc(C(F)(F)F)cc3)n2)n1CC1CCCO1. The van der Waals surface area contributed by atoms with E-state index in [4.69, 9.17) is 4.74 Å². The first-order valence-corrected chi connectivity index (χ1v) is 10.8. The van der Waals surface area contributed by atoms with Crippen molar-refractivity contribution in [2.24, 2.45) is 0 Å². The van der Waals surface area contributed by atoms with E-state index in [1.165, 1.54) is 35.2 Å². The summed E-state index contributed by atoms with van der Waals surface area (Å²) in [4.78, 5) is 16.5. The van der Waals surface area contributed by atoms with Crippen molar-refractivity contribution in [1.29, 1.82) is 0 Å². The fourth-order valence-corrected chi connectivity index (χ4v) is 4.79. The molecule has 1 fully saturated rings. The second-order valence-corrected chi connectivity index (χ2v) is 8.37. The summed E-state index contributed by atoms with van der Waals surface area (Å²) < 4.78 is 45.2. The van der Waals surface area contributed by atoms with E-state index in [1.54, 1.807) is 4.57 Å². The third-order valence-electron chi connectivity index (χ3n) is 4.49. The van der Waals surface area contributed by atoms with Crippen molar-refractivity contribution in [3.05, 3.63) is 51.4 Å². The highest BCUT2D eigenvalue weighted by Crippen LogP contribution is 2.32. The first kappa shape index (κ1) is 20.2. The van der Waals surface area contributed by atoms with Gasteiger partial charge in [-0.2, -0.15) is 13.2 Å². The lowest BCUT2D eigenvalue weighted by molar-refractivity contribution is -0.137. The highest BCUT2D eigenvalue weighted by atomic mass is 32.2. The zero-order valence-corrected chi connectivity index (χ0v) is 16.7. The molecule has 0 aliphatic carbocycles. The maximum Gasteiger partial charge on any atom is 0.416 e. The van der Waals surface area contributed by atoms with E-state index in [-0.39, 0.29) is 11.8 Å². The summed E-state index contributed by atoms with van der Waals surface area (Å²) in [5.74, 6) is 0.493. The normalized spacial score (nSPS) is 17.1. The fraction of sp³-hybridized carbons (Fsp3) is 0.389. The summed E-state index contributed by atoms with van der Waals surface area (Å²) in [6.07, 6.45) is -2.42. The zero-order chi connectivity index (χ0) is 20.4. The molecule has 0 amide bonds. The first-order valence-electron chi connectivity index (χ1n) is 8.92. The summed E-state index contributed by atoms with van der Waals surface area (Å²) in [5, 5.41) is 9.61. The Kier molecular flexibility index (Phi) is 5.79. The molecule has 3 heterocycles. The number of aromatic nitrogens is 4. The number of ether oxygens (including phenoxy) is 1. The van der Waals surface area contributed by atoms with Crippen molar-refractivity contribution < 1.29 is 17.9 Å². The molecule has 3 aromatic rings. The van der Waals surface area contributed by atoms with Crippen LogP contribution in [0.4, 0.5) is 13.2 Å². The molecule has 1 aliphatic rings. The molecule has 1 saturated heterocycles. The van der Waals surface area contributed by atoms with Crippen LogP contribution in [0.2, 0.25) is 0 Å². The topological polar surface area (TPSA) is 72.8 Å². The number of benzene rings is 1. The molecule has 6 nitrogen and oxygen atoms in total. The van der Waals surface area contributed by atoms with Gasteiger partial charge >= 0.3 is 11.9 Å². The maximum absolute atomic E-state index is 12.7. The maximum atomic E-state index is 12.7. The smallest absolute Gasteiger partial charge is 0.376 e. The molecule has 1 aromatic carbocycles. The van der Waals surface area contributed by atoms with Gasteiger partial charge in [-0.3, -0.25) is 4.57 Å². The molecule has 1 unspecified atom stereocenters.